The van der Waals surface area contributed by atoms with Gasteiger partial charge in [-0.15, -0.1) is 5.10 Å². The van der Waals surface area contributed by atoms with E-state index in [4.69, 9.17) is 0 Å². The zero-order valence-corrected chi connectivity index (χ0v) is 15.6. The number of aromatic nitrogens is 6. The number of hydrogen-bond acceptors (Lipinski definition) is 7. The summed E-state index contributed by atoms with van der Waals surface area (Å²) in [6.45, 7) is 3.41. The second kappa shape index (κ2) is 6.89. The zero-order chi connectivity index (χ0) is 19.8. The van der Waals surface area contributed by atoms with Crippen molar-refractivity contribution in [2.24, 2.45) is 5.10 Å². The van der Waals surface area contributed by atoms with Crippen molar-refractivity contribution in [3.63, 3.8) is 0 Å². The normalized spacial score (nSPS) is 14.7. The molecule has 0 bridgehead atoms. The predicted molar refractivity (Wildman–Crippen MR) is 106 cm³/mol. The number of benzene rings is 1. The third-order valence-electron chi connectivity index (χ3n) is 4.70. The number of nitrogens with zero attached hydrogens (tertiary/aromatic N) is 8. The molecule has 3 aromatic heterocycles. The second-order valence-corrected chi connectivity index (χ2v) is 6.72. The van der Waals surface area contributed by atoms with Gasteiger partial charge in [-0.1, -0.05) is 17.3 Å². The zero-order valence-electron chi connectivity index (χ0n) is 15.6. The van der Waals surface area contributed by atoms with Crippen molar-refractivity contribution in [3.8, 4) is 0 Å². The average Bonchev–Trinajstić information content (AvgIpc) is 3.33. The van der Waals surface area contributed by atoms with Crippen LogP contribution in [0.15, 0.2) is 47.8 Å². The third kappa shape index (κ3) is 3.24. The Morgan fingerprint density at radius 3 is 3.07 bits per heavy atom. The molecule has 1 fully saturated rings. The fourth-order valence-corrected chi connectivity index (χ4v) is 3.22. The fourth-order valence-electron chi connectivity index (χ4n) is 3.22. The summed E-state index contributed by atoms with van der Waals surface area (Å²) >= 11 is 0. The Bertz CT molecular complexity index is 1260. The Morgan fingerprint density at radius 1 is 1.28 bits per heavy atom. The maximum atomic E-state index is 11.7. The predicted octanol–water partition coefficient (Wildman–Crippen LogP) is 1.57. The number of urea groups is 1. The topological polar surface area (TPSA) is 114 Å². The number of rotatable bonds is 4. The van der Waals surface area contributed by atoms with Gasteiger partial charge in [0.2, 0.25) is 5.65 Å². The van der Waals surface area contributed by atoms with Crippen LogP contribution in [0.25, 0.3) is 22.2 Å². The molecule has 29 heavy (non-hydrogen) atoms. The van der Waals surface area contributed by atoms with E-state index in [0.717, 1.165) is 16.5 Å². The van der Waals surface area contributed by atoms with Crippen LogP contribution in [0.3, 0.4) is 0 Å². The lowest BCUT2D eigenvalue weighted by Crippen LogP contribution is -2.24. The van der Waals surface area contributed by atoms with Gasteiger partial charge in [0, 0.05) is 18.1 Å². The minimum atomic E-state index is -0.212. The molecular weight excluding hydrogens is 370 g/mol. The van der Waals surface area contributed by atoms with Crippen LogP contribution in [0, 0.1) is 0 Å². The molecule has 144 valence electrons. The van der Waals surface area contributed by atoms with Gasteiger partial charge in [0.25, 0.3) is 0 Å². The lowest BCUT2D eigenvalue weighted by atomic mass is 10.1. The lowest BCUT2D eigenvalue weighted by Gasteiger charge is -2.08. The monoisotopic (exact) mass is 387 g/mol. The van der Waals surface area contributed by atoms with E-state index in [-0.39, 0.29) is 6.03 Å². The Balaban J connectivity index is 1.47. The van der Waals surface area contributed by atoms with Crippen LogP contribution in [0.4, 0.5) is 4.79 Å². The van der Waals surface area contributed by atoms with Crippen molar-refractivity contribution in [2.45, 2.75) is 13.5 Å². The first-order valence-corrected chi connectivity index (χ1v) is 9.18. The van der Waals surface area contributed by atoms with Crippen molar-refractivity contribution in [3.05, 3.63) is 54.0 Å². The minimum Gasteiger partial charge on any atom is -0.335 e. The van der Waals surface area contributed by atoms with Crippen LogP contribution in [0.5, 0.6) is 0 Å². The largest absolute Gasteiger partial charge is 0.337 e. The SMILES string of the molecule is C/C(=N/N1CCNC1=O)c1cnc2nnn(Cc3ccc4ncccc4c3)c2n1. The van der Waals surface area contributed by atoms with Crippen molar-refractivity contribution in [2.75, 3.05) is 13.1 Å². The molecule has 1 N–H and O–H groups in total. The van der Waals surface area contributed by atoms with Crippen molar-refractivity contribution in [1.82, 2.24) is 40.3 Å². The molecule has 0 saturated carbocycles. The van der Waals surface area contributed by atoms with Gasteiger partial charge in [0.05, 0.1) is 30.5 Å². The van der Waals surface area contributed by atoms with Gasteiger partial charge in [-0.2, -0.15) is 5.10 Å². The summed E-state index contributed by atoms with van der Waals surface area (Å²) in [5, 5.41) is 17.8. The molecule has 0 atom stereocenters. The van der Waals surface area contributed by atoms with Gasteiger partial charge in [-0.05, 0) is 30.7 Å². The van der Waals surface area contributed by atoms with E-state index in [2.05, 4.69) is 41.7 Å². The summed E-state index contributed by atoms with van der Waals surface area (Å²) in [7, 11) is 0. The highest BCUT2D eigenvalue weighted by Gasteiger charge is 2.19. The smallest absolute Gasteiger partial charge is 0.335 e. The first kappa shape index (κ1) is 17.2. The first-order chi connectivity index (χ1) is 14.2. The maximum absolute atomic E-state index is 11.7. The van der Waals surface area contributed by atoms with E-state index in [1.165, 1.54) is 5.01 Å². The van der Waals surface area contributed by atoms with E-state index >= 15 is 0 Å². The number of carbonyl (C=O) groups excluding carboxylic acids is 1. The number of fused-ring (bicyclic) bond motifs is 2. The summed E-state index contributed by atoms with van der Waals surface area (Å²) in [5.41, 5.74) is 4.20. The van der Waals surface area contributed by atoms with Crippen LogP contribution in [0.2, 0.25) is 0 Å². The van der Waals surface area contributed by atoms with Gasteiger partial charge in [-0.3, -0.25) is 4.98 Å². The van der Waals surface area contributed by atoms with Crippen LogP contribution < -0.4 is 5.32 Å². The standard InChI is InChI=1S/C19H17N9O/c1-12(25-27-8-7-21-19(27)29)16-10-22-17-18(23-16)28(26-24-17)11-13-4-5-15-14(9-13)3-2-6-20-15/h2-6,9-10H,7-8,11H2,1H3,(H,21,29)/b25-12-. The van der Waals surface area contributed by atoms with E-state index in [1.807, 2.05) is 24.3 Å². The molecule has 1 aliphatic rings. The van der Waals surface area contributed by atoms with Crippen LogP contribution in [-0.2, 0) is 6.54 Å². The van der Waals surface area contributed by atoms with Gasteiger partial charge in [0.1, 0.15) is 5.69 Å². The molecule has 1 saturated heterocycles. The number of hydrazone groups is 1. The maximum Gasteiger partial charge on any atom is 0.337 e. The Kier molecular flexibility index (Phi) is 4.08. The number of amides is 2. The molecule has 5 rings (SSSR count). The first-order valence-electron chi connectivity index (χ1n) is 9.18. The van der Waals surface area contributed by atoms with Crippen molar-refractivity contribution in [1.29, 1.82) is 0 Å². The molecule has 1 aromatic carbocycles. The highest BCUT2D eigenvalue weighted by molar-refractivity contribution is 5.98. The average molecular weight is 387 g/mol. The van der Waals surface area contributed by atoms with Crippen LogP contribution >= 0.6 is 0 Å². The summed E-state index contributed by atoms with van der Waals surface area (Å²) in [6, 6.07) is 9.80. The van der Waals surface area contributed by atoms with Gasteiger partial charge < -0.3 is 5.32 Å². The van der Waals surface area contributed by atoms with Crippen molar-refractivity contribution < 1.29 is 4.79 Å². The molecule has 0 radical (unpaired) electrons. The number of hydrogen-bond donors (Lipinski definition) is 1. The summed E-state index contributed by atoms with van der Waals surface area (Å²) in [5.74, 6) is 0. The molecule has 4 aromatic rings. The van der Waals surface area contributed by atoms with Crippen LogP contribution in [0.1, 0.15) is 18.2 Å². The number of nitrogens with one attached hydrogen (secondary N) is 1. The Morgan fingerprint density at radius 2 is 2.21 bits per heavy atom. The van der Waals surface area contributed by atoms with Crippen molar-refractivity contribution >= 4 is 33.9 Å². The van der Waals surface area contributed by atoms with E-state index < -0.39 is 0 Å². The molecule has 10 nitrogen and oxygen atoms in total. The lowest BCUT2D eigenvalue weighted by molar-refractivity contribution is 0.219. The quantitative estimate of drug-likeness (QED) is 0.532. The molecule has 10 heteroatoms. The number of pyridine rings is 1. The molecule has 4 heterocycles. The van der Waals surface area contributed by atoms with E-state index in [9.17, 15) is 4.79 Å². The van der Waals surface area contributed by atoms with E-state index in [0.29, 0.717) is 42.3 Å². The van der Waals surface area contributed by atoms with Gasteiger partial charge in [-0.25, -0.2) is 24.5 Å². The Hall–Kier alpha value is -3.95. The number of carbonyl (C=O) groups is 1. The summed E-state index contributed by atoms with van der Waals surface area (Å²) in [4.78, 5) is 25.0. The minimum absolute atomic E-state index is 0.212. The Labute approximate surface area is 165 Å². The summed E-state index contributed by atoms with van der Waals surface area (Å²) < 4.78 is 1.71. The molecule has 0 aliphatic carbocycles. The molecule has 1 aliphatic heterocycles. The third-order valence-corrected chi connectivity index (χ3v) is 4.70. The second-order valence-electron chi connectivity index (χ2n) is 6.72. The molecule has 0 spiro atoms. The highest BCUT2D eigenvalue weighted by Crippen LogP contribution is 2.16. The summed E-state index contributed by atoms with van der Waals surface area (Å²) in [6.07, 6.45) is 3.37. The fraction of sp³-hybridized carbons (Fsp3) is 0.211. The van der Waals surface area contributed by atoms with Gasteiger partial charge >= 0.3 is 6.03 Å². The highest BCUT2D eigenvalue weighted by atomic mass is 16.2. The van der Waals surface area contributed by atoms with Crippen LogP contribution in [-0.4, -0.2) is 59.8 Å². The molecule has 2 amide bonds. The molecule has 0 unspecified atom stereocenters. The van der Waals surface area contributed by atoms with E-state index in [1.54, 1.807) is 24.0 Å². The molecular formula is C19H17N9O. The van der Waals surface area contributed by atoms with Gasteiger partial charge in [0.15, 0.2) is 5.65 Å².